The average molecular weight is 406 g/mol. The van der Waals surface area contributed by atoms with Gasteiger partial charge >= 0.3 is 0 Å². The maximum Gasteiger partial charge on any atom is 0.191 e. The van der Waals surface area contributed by atoms with Crippen molar-refractivity contribution in [2.45, 2.75) is 39.7 Å². The topological polar surface area (TPSA) is 52.6 Å². The Balaban J connectivity index is 1.39. The highest BCUT2D eigenvalue weighted by atomic mass is 32.1. The van der Waals surface area contributed by atoms with Crippen LogP contribution in [0.5, 0.6) is 0 Å². The minimum absolute atomic E-state index is 0.696. The molecular formula is C20H31N5S2. The summed E-state index contributed by atoms with van der Waals surface area (Å²) in [7, 11) is 0. The minimum atomic E-state index is 0.696. The van der Waals surface area contributed by atoms with Gasteiger partial charge < -0.3 is 10.6 Å². The van der Waals surface area contributed by atoms with E-state index in [0.717, 1.165) is 38.6 Å². The van der Waals surface area contributed by atoms with Crippen LogP contribution in [0.3, 0.4) is 0 Å². The highest BCUT2D eigenvalue weighted by molar-refractivity contribution is 7.11. The zero-order valence-corrected chi connectivity index (χ0v) is 18.0. The van der Waals surface area contributed by atoms with Crippen LogP contribution in [0.2, 0.25) is 0 Å². The Morgan fingerprint density at radius 2 is 2.19 bits per heavy atom. The zero-order chi connectivity index (χ0) is 18.9. The van der Waals surface area contributed by atoms with E-state index in [1.54, 1.807) is 11.3 Å². The predicted molar refractivity (Wildman–Crippen MR) is 117 cm³/mol. The molecule has 7 heteroatoms. The van der Waals surface area contributed by atoms with E-state index in [4.69, 9.17) is 4.99 Å². The molecule has 0 aliphatic carbocycles. The molecule has 2 N–H and O–H groups in total. The number of hydrogen-bond acceptors (Lipinski definition) is 5. The van der Waals surface area contributed by atoms with Crippen molar-refractivity contribution in [3.63, 3.8) is 0 Å². The lowest BCUT2D eigenvalue weighted by atomic mass is 9.97. The van der Waals surface area contributed by atoms with Gasteiger partial charge in [-0.3, -0.25) is 9.89 Å². The van der Waals surface area contributed by atoms with E-state index in [2.05, 4.69) is 51.9 Å². The molecule has 3 heterocycles. The number of rotatable bonds is 8. The van der Waals surface area contributed by atoms with Gasteiger partial charge in [0.2, 0.25) is 0 Å². The number of guanidine groups is 1. The van der Waals surface area contributed by atoms with E-state index in [1.165, 1.54) is 40.7 Å². The number of thiophene rings is 1. The van der Waals surface area contributed by atoms with Crippen LogP contribution < -0.4 is 10.6 Å². The molecule has 3 rings (SSSR count). The van der Waals surface area contributed by atoms with Crippen LogP contribution in [0.25, 0.3) is 0 Å². The summed E-state index contributed by atoms with van der Waals surface area (Å²) in [6.07, 6.45) is 5.38. The number of piperidine rings is 1. The van der Waals surface area contributed by atoms with Crippen LogP contribution in [0.15, 0.2) is 28.7 Å². The van der Waals surface area contributed by atoms with Gasteiger partial charge in [0, 0.05) is 48.6 Å². The molecule has 5 nitrogen and oxygen atoms in total. The third-order valence-electron chi connectivity index (χ3n) is 4.82. The lowest BCUT2D eigenvalue weighted by molar-refractivity contribution is 0.182. The number of thiazole rings is 1. The van der Waals surface area contributed by atoms with Gasteiger partial charge in [-0.05, 0) is 57.1 Å². The summed E-state index contributed by atoms with van der Waals surface area (Å²) in [5, 5.41) is 10.2. The van der Waals surface area contributed by atoms with Gasteiger partial charge in [0.1, 0.15) is 0 Å². The van der Waals surface area contributed by atoms with Gasteiger partial charge in [-0.25, -0.2) is 4.98 Å². The van der Waals surface area contributed by atoms with Crippen molar-refractivity contribution in [1.29, 1.82) is 0 Å². The Kier molecular flexibility index (Phi) is 8.10. The quantitative estimate of drug-likeness (QED) is 0.521. The van der Waals surface area contributed by atoms with E-state index in [-0.39, 0.29) is 0 Å². The third-order valence-corrected chi connectivity index (χ3v) is 6.65. The SMILES string of the molecule is CCNC(=NCC1CCN(Cc2cccs2)CC1)NCCc1ncc(C)s1. The summed E-state index contributed by atoms with van der Waals surface area (Å²) in [6, 6.07) is 4.38. The average Bonchev–Trinajstić information content (AvgIpc) is 3.33. The summed E-state index contributed by atoms with van der Waals surface area (Å²) in [5.41, 5.74) is 0. The molecule has 27 heavy (non-hydrogen) atoms. The Hall–Kier alpha value is -1.44. The summed E-state index contributed by atoms with van der Waals surface area (Å²) in [6.45, 7) is 10.4. The lowest BCUT2D eigenvalue weighted by Crippen LogP contribution is -2.39. The first-order valence-electron chi connectivity index (χ1n) is 9.91. The molecule has 0 radical (unpaired) electrons. The Morgan fingerprint density at radius 3 is 2.85 bits per heavy atom. The number of aromatic nitrogens is 1. The first-order valence-corrected chi connectivity index (χ1v) is 11.6. The highest BCUT2D eigenvalue weighted by Crippen LogP contribution is 2.20. The Morgan fingerprint density at radius 1 is 1.33 bits per heavy atom. The standard InChI is InChI=1S/C20H31N5S2/c1-3-21-20(22-9-6-19-23-13-16(2)27-19)24-14-17-7-10-25(11-8-17)15-18-5-4-12-26-18/h4-5,12-13,17H,3,6-11,14-15H2,1-2H3,(H2,21,22,24). The van der Waals surface area contributed by atoms with E-state index >= 15 is 0 Å². The van der Waals surface area contributed by atoms with Crippen LogP contribution in [0.4, 0.5) is 0 Å². The van der Waals surface area contributed by atoms with Crippen molar-refractivity contribution in [1.82, 2.24) is 20.5 Å². The fourth-order valence-electron chi connectivity index (χ4n) is 3.32. The van der Waals surface area contributed by atoms with Crippen molar-refractivity contribution in [2.24, 2.45) is 10.9 Å². The monoisotopic (exact) mass is 405 g/mol. The normalized spacial score (nSPS) is 16.6. The van der Waals surface area contributed by atoms with Crippen molar-refractivity contribution in [2.75, 3.05) is 32.7 Å². The molecule has 0 saturated carbocycles. The van der Waals surface area contributed by atoms with Gasteiger partial charge in [0.15, 0.2) is 5.96 Å². The van der Waals surface area contributed by atoms with Gasteiger partial charge in [-0.15, -0.1) is 22.7 Å². The van der Waals surface area contributed by atoms with Gasteiger partial charge in [-0.1, -0.05) is 6.07 Å². The molecule has 0 bridgehead atoms. The first-order chi connectivity index (χ1) is 13.2. The molecule has 0 amide bonds. The largest absolute Gasteiger partial charge is 0.357 e. The van der Waals surface area contributed by atoms with Crippen molar-refractivity contribution in [3.8, 4) is 0 Å². The maximum absolute atomic E-state index is 4.84. The second-order valence-corrected chi connectivity index (χ2v) is 9.41. The molecular weight excluding hydrogens is 374 g/mol. The number of nitrogens with one attached hydrogen (secondary N) is 2. The number of aryl methyl sites for hydroxylation is 1. The molecule has 0 atom stereocenters. The fourth-order valence-corrected chi connectivity index (χ4v) is 4.85. The first kappa shape index (κ1) is 20.3. The molecule has 2 aromatic heterocycles. The second-order valence-electron chi connectivity index (χ2n) is 7.06. The third kappa shape index (κ3) is 6.90. The molecule has 148 valence electrons. The van der Waals surface area contributed by atoms with Crippen molar-refractivity contribution < 1.29 is 0 Å². The maximum atomic E-state index is 4.84. The molecule has 0 aromatic carbocycles. The zero-order valence-electron chi connectivity index (χ0n) is 16.4. The molecule has 0 unspecified atom stereocenters. The van der Waals surface area contributed by atoms with Crippen LogP contribution in [-0.2, 0) is 13.0 Å². The lowest BCUT2D eigenvalue weighted by Gasteiger charge is -2.31. The summed E-state index contributed by atoms with van der Waals surface area (Å²) >= 11 is 3.64. The number of nitrogens with zero attached hydrogens (tertiary/aromatic N) is 3. The molecule has 1 aliphatic heterocycles. The van der Waals surface area contributed by atoms with E-state index in [1.807, 2.05) is 17.5 Å². The highest BCUT2D eigenvalue weighted by Gasteiger charge is 2.19. The van der Waals surface area contributed by atoms with Gasteiger partial charge in [0.05, 0.1) is 5.01 Å². The smallest absolute Gasteiger partial charge is 0.191 e. The fraction of sp³-hybridized carbons (Fsp3) is 0.600. The van der Waals surface area contributed by atoms with Crippen LogP contribution >= 0.6 is 22.7 Å². The Bertz CT molecular complexity index is 687. The summed E-state index contributed by atoms with van der Waals surface area (Å²) < 4.78 is 0. The second kappa shape index (κ2) is 10.8. The number of likely N-dealkylation sites (tertiary alicyclic amines) is 1. The van der Waals surface area contributed by atoms with Crippen LogP contribution in [0.1, 0.15) is 34.5 Å². The van der Waals surface area contributed by atoms with Gasteiger partial charge in [0.25, 0.3) is 0 Å². The summed E-state index contributed by atoms with van der Waals surface area (Å²) in [5.74, 6) is 1.63. The van der Waals surface area contributed by atoms with Crippen molar-refractivity contribution >= 4 is 28.6 Å². The van der Waals surface area contributed by atoms with E-state index < -0.39 is 0 Å². The Labute approximate surface area is 170 Å². The van der Waals surface area contributed by atoms with E-state index in [0.29, 0.717) is 5.92 Å². The van der Waals surface area contributed by atoms with Crippen LogP contribution in [0, 0.1) is 12.8 Å². The minimum Gasteiger partial charge on any atom is -0.357 e. The number of aliphatic imine (C=N–C) groups is 1. The molecule has 2 aromatic rings. The summed E-state index contributed by atoms with van der Waals surface area (Å²) in [4.78, 5) is 14.6. The van der Waals surface area contributed by atoms with Crippen LogP contribution in [-0.4, -0.2) is 48.6 Å². The predicted octanol–water partition coefficient (Wildman–Crippen LogP) is 3.52. The molecule has 0 spiro atoms. The molecule has 1 aliphatic rings. The molecule has 1 saturated heterocycles. The molecule has 1 fully saturated rings. The number of hydrogen-bond donors (Lipinski definition) is 2. The van der Waals surface area contributed by atoms with E-state index in [9.17, 15) is 0 Å². The van der Waals surface area contributed by atoms with Gasteiger partial charge in [-0.2, -0.15) is 0 Å². The van der Waals surface area contributed by atoms with Crippen molar-refractivity contribution in [3.05, 3.63) is 38.5 Å².